The lowest BCUT2D eigenvalue weighted by Crippen LogP contribution is -2.32. The molecule has 1 aromatic carbocycles. The van der Waals surface area contributed by atoms with Crippen molar-refractivity contribution >= 4 is 20.0 Å². The topological polar surface area (TPSA) is 106 Å². The van der Waals surface area contributed by atoms with E-state index in [0.29, 0.717) is 12.5 Å². The lowest BCUT2D eigenvalue weighted by molar-refractivity contribution is 0.537. The van der Waals surface area contributed by atoms with Gasteiger partial charge in [0.05, 0.1) is 4.90 Å². The fraction of sp³-hybridized carbons (Fsp3) is 0.400. The summed E-state index contributed by atoms with van der Waals surface area (Å²) in [5.41, 5.74) is 0. The Balaban J connectivity index is 3.24. The summed E-state index contributed by atoms with van der Waals surface area (Å²) in [6, 6.07) is 2.05. The quantitative estimate of drug-likeness (QED) is 0.828. The smallest absolute Gasteiger partial charge is 0.225 e. The van der Waals surface area contributed by atoms with Crippen molar-refractivity contribution in [2.75, 3.05) is 0 Å². The Morgan fingerprint density at radius 1 is 1.32 bits per heavy atom. The Kier molecular flexibility index (Phi) is 4.67. The van der Waals surface area contributed by atoms with E-state index in [4.69, 9.17) is 5.14 Å². The lowest BCUT2D eigenvalue weighted by atomic mass is 10.3. The van der Waals surface area contributed by atoms with Crippen molar-refractivity contribution in [1.82, 2.24) is 4.72 Å². The van der Waals surface area contributed by atoms with Gasteiger partial charge < -0.3 is 0 Å². The molecule has 1 unspecified atom stereocenters. The van der Waals surface area contributed by atoms with E-state index in [1.807, 2.05) is 0 Å². The number of primary sulfonamides is 1. The summed E-state index contributed by atoms with van der Waals surface area (Å²) in [4.78, 5) is -1.09. The van der Waals surface area contributed by atoms with Crippen LogP contribution in [-0.4, -0.2) is 22.9 Å². The summed E-state index contributed by atoms with van der Waals surface area (Å²) in [7, 11) is -8.10. The van der Waals surface area contributed by atoms with Crippen LogP contribution in [0.3, 0.4) is 0 Å². The molecule has 1 aromatic rings. The van der Waals surface area contributed by atoms with Crippen LogP contribution in [0.25, 0.3) is 0 Å². The minimum atomic E-state index is -4.07. The summed E-state index contributed by atoms with van der Waals surface area (Å²) >= 11 is 0. The number of rotatable bonds is 5. The zero-order valence-electron chi connectivity index (χ0n) is 10.4. The Morgan fingerprint density at radius 2 is 1.89 bits per heavy atom. The number of nitrogens with one attached hydrogen (secondary N) is 1. The van der Waals surface area contributed by atoms with Crippen LogP contribution in [0.5, 0.6) is 0 Å². The van der Waals surface area contributed by atoms with E-state index in [0.717, 1.165) is 12.1 Å². The minimum absolute atomic E-state index is 0.359. The standard InChI is InChI=1S/C10H15FN2O4S2/c1-3-7(2)13-19(16,17)10-5-4-8(6-9(10)11)18(12,14)15/h4-7,13H,3H2,1-2H3,(H2,12,14,15). The molecule has 0 fully saturated rings. The molecule has 0 saturated heterocycles. The van der Waals surface area contributed by atoms with Gasteiger partial charge in [-0.3, -0.25) is 0 Å². The predicted octanol–water partition coefficient (Wildman–Crippen LogP) is 0.550. The molecule has 0 radical (unpaired) electrons. The maximum absolute atomic E-state index is 13.7. The molecule has 1 atom stereocenters. The molecule has 0 aromatic heterocycles. The highest BCUT2D eigenvalue weighted by Crippen LogP contribution is 2.18. The molecule has 0 saturated carbocycles. The number of halogens is 1. The van der Waals surface area contributed by atoms with Crippen LogP contribution in [0.4, 0.5) is 4.39 Å². The second-order valence-electron chi connectivity index (χ2n) is 4.07. The molecule has 6 nitrogen and oxygen atoms in total. The molecule has 0 aliphatic rings. The van der Waals surface area contributed by atoms with Gasteiger partial charge in [-0.15, -0.1) is 0 Å². The van der Waals surface area contributed by atoms with Gasteiger partial charge in [-0.2, -0.15) is 0 Å². The fourth-order valence-corrected chi connectivity index (χ4v) is 3.20. The molecule has 1 rings (SSSR count). The predicted molar refractivity (Wildman–Crippen MR) is 67.8 cm³/mol. The largest absolute Gasteiger partial charge is 0.243 e. The van der Waals surface area contributed by atoms with Crippen molar-refractivity contribution in [3.8, 4) is 0 Å². The minimum Gasteiger partial charge on any atom is -0.225 e. The fourth-order valence-electron chi connectivity index (χ4n) is 1.29. The van der Waals surface area contributed by atoms with E-state index in [-0.39, 0.29) is 6.04 Å². The second kappa shape index (κ2) is 5.53. The molecule has 0 aliphatic carbocycles. The zero-order valence-corrected chi connectivity index (χ0v) is 12.1. The van der Waals surface area contributed by atoms with Gasteiger partial charge >= 0.3 is 0 Å². The summed E-state index contributed by atoms with van der Waals surface area (Å²) in [5, 5.41) is 4.83. The average Bonchev–Trinajstić information content (AvgIpc) is 2.26. The van der Waals surface area contributed by atoms with Crippen molar-refractivity contribution in [1.29, 1.82) is 0 Å². The third-order valence-electron chi connectivity index (χ3n) is 2.49. The molecule has 19 heavy (non-hydrogen) atoms. The number of hydrogen-bond acceptors (Lipinski definition) is 4. The summed E-state index contributed by atoms with van der Waals surface area (Å²) in [6.07, 6.45) is 0.538. The molecule has 0 spiro atoms. The number of sulfonamides is 2. The van der Waals surface area contributed by atoms with Crippen LogP contribution in [0.15, 0.2) is 28.0 Å². The number of benzene rings is 1. The van der Waals surface area contributed by atoms with Gasteiger partial charge in [-0.25, -0.2) is 31.1 Å². The molecule has 9 heteroatoms. The third kappa shape index (κ3) is 3.96. The highest BCUT2D eigenvalue weighted by Gasteiger charge is 2.22. The van der Waals surface area contributed by atoms with Crippen molar-refractivity contribution < 1.29 is 21.2 Å². The third-order valence-corrected chi connectivity index (χ3v) is 5.02. The summed E-state index contributed by atoms with van der Waals surface area (Å²) in [5.74, 6) is -1.16. The van der Waals surface area contributed by atoms with E-state index in [2.05, 4.69) is 4.72 Å². The Labute approximate surface area is 111 Å². The highest BCUT2D eigenvalue weighted by atomic mass is 32.2. The van der Waals surface area contributed by atoms with E-state index >= 15 is 0 Å². The number of nitrogens with two attached hydrogens (primary N) is 1. The molecule has 108 valence electrons. The molecule has 0 heterocycles. The van der Waals surface area contributed by atoms with E-state index < -0.39 is 35.7 Å². The van der Waals surface area contributed by atoms with Crippen molar-refractivity contribution in [3.05, 3.63) is 24.0 Å². The van der Waals surface area contributed by atoms with Gasteiger partial charge in [0.15, 0.2) is 0 Å². The van der Waals surface area contributed by atoms with Gasteiger partial charge in [-0.1, -0.05) is 6.92 Å². The maximum Gasteiger partial charge on any atom is 0.243 e. The van der Waals surface area contributed by atoms with Crippen LogP contribution < -0.4 is 9.86 Å². The summed E-state index contributed by atoms with van der Waals surface area (Å²) < 4.78 is 61.7. The molecule has 0 amide bonds. The van der Waals surface area contributed by atoms with Crippen molar-refractivity contribution in [2.24, 2.45) is 5.14 Å². The van der Waals surface area contributed by atoms with Crippen LogP contribution in [0.1, 0.15) is 20.3 Å². The number of hydrogen-bond donors (Lipinski definition) is 2. The highest BCUT2D eigenvalue weighted by molar-refractivity contribution is 7.89. The van der Waals surface area contributed by atoms with E-state index in [1.165, 1.54) is 0 Å². The van der Waals surface area contributed by atoms with Crippen LogP contribution in [0.2, 0.25) is 0 Å². The second-order valence-corrected chi connectivity index (χ2v) is 7.31. The Bertz CT molecular complexity index is 671. The molecular formula is C10H15FN2O4S2. The lowest BCUT2D eigenvalue weighted by Gasteiger charge is -2.12. The average molecular weight is 310 g/mol. The first-order chi connectivity index (χ1) is 8.58. The molecule has 0 bridgehead atoms. The maximum atomic E-state index is 13.7. The van der Waals surface area contributed by atoms with Crippen LogP contribution >= 0.6 is 0 Å². The Morgan fingerprint density at radius 3 is 2.32 bits per heavy atom. The van der Waals surface area contributed by atoms with Gasteiger partial charge in [0.2, 0.25) is 20.0 Å². The van der Waals surface area contributed by atoms with Crippen LogP contribution in [-0.2, 0) is 20.0 Å². The SMILES string of the molecule is CCC(C)NS(=O)(=O)c1ccc(S(N)(=O)=O)cc1F. The summed E-state index contributed by atoms with van der Waals surface area (Å²) in [6.45, 7) is 3.40. The van der Waals surface area contributed by atoms with Gasteiger partial charge in [-0.05, 0) is 31.5 Å². The molecule has 0 aliphatic heterocycles. The van der Waals surface area contributed by atoms with E-state index in [9.17, 15) is 21.2 Å². The van der Waals surface area contributed by atoms with Gasteiger partial charge in [0, 0.05) is 6.04 Å². The van der Waals surface area contributed by atoms with E-state index in [1.54, 1.807) is 13.8 Å². The monoisotopic (exact) mass is 310 g/mol. The molecule has 3 N–H and O–H groups in total. The van der Waals surface area contributed by atoms with Gasteiger partial charge in [0.1, 0.15) is 10.7 Å². The normalized spacial score (nSPS) is 14.3. The first kappa shape index (κ1) is 16.0. The van der Waals surface area contributed by atoms with Gasteiger partial charge in [0.25, 0.3) is 0 Å². The molecular weight excluding hydrogens is 295 g/mol. The zero-order chi connectivity index (χ0) is 14.8. The van der Waals surface area contributed by atoms with Crippen molar-refractivity contribution in [3.63, 3.8) is 0 Å². The first-order valence-corrected chi connectivity index (χ1v) is 8.45. The van der Waals surface area contributed by atoms with Crippen LogP contribution in [0, 0.1) is 5.82 Å². The first-order valence-electron chi connectivity index (χ1n) is 5.42. The Hall–Kier alpha value is -1.03. The van der Waals surface area contributed by atoms with Crippen molar-refractivity contribution in [2.45, 2.75) is 36.1 Å².